The Bertz CT molecular complexity index is 498. The molecular formula is C19H32N2O2. The van der Waals surface area contributed by atoms with E-state index in [1.807, 2.05) is 6.92 Å². The van der Waals surface area contributed by atoms with Gasteiger partial charge in [-0.15, -0.1) is 0 Å². The molecule has 0 spiro atoms. The predicted octanol–water partition coefficient (Wildman–Crippen LogP) is 5.13. The second kappa shape index (κ2) is 10.3. The van der Waals surface area contributed by atoms with Crippen LogP contribution in [0.2, 0.25) is 0 Å². The van der Waals surface area contributed by atoms with Crippen LogP contribution in [0.5, 0.6) is 5.75 Å². The van der Waals surface area contributed by atoms with Gasteiger partial charge in [-0.2, -0.15) is 0 Å². The molecule has 130 valence electrons. The fourth-order valence-corrected chi connectivity index (χ4v) is 2.66. The van der Waals surface area contributed by atoms with Gasteiger partial charge in [-0.05, 0) is 19.3 Å². The Morgan fingerprint density at radius 1 is 1.04 bits per heavy atom. The second-order valence-corrected chi connectivity index (χ2v) is 6.56. The number of hydrogen-bond donors (Lipinski definition) is 0. The van der Waals surface area contributed by atoms with Crippen LogP contribution in [0.1, 0.15) is 95.8 Å². The lowest BCUT2D eigenvalue weighted by atomic mass is 10.1. The van der Waals surface area contributed by atoms with Crippen LogP contribution in [-0.4, -0.2) is 15.9 Å². The molecule has 1 heterocycles. The summed E-state index contributed by atoms with van der Waals surface area (Å²) in [5.74, 6) is 1.30. The Morgan fingerprint density at radius 2 is 1.65 bits per heavy atom. The third-order valence-corrected chi connectivity index (χ3v) is 3.90. The van der Waals surface area contributed by atoms with Crippen LogP contribution < -0.4 is 4.74 Å². The van der Waals surface area contributed by atoms with Gasteiger partial charge in [0.25, 0.3) is 0 Å². The lowest BCUT2D eigenvalue weighted by molar-refractivity contribution is -0.132. The third-order valence-electron chi connectivity index (χ3n) is 3.90. The number of rotatable bonds is 10. The molecule has 0 saturated carbocycles. The van der Waals surface area contributed by atoms with Gasteiger partial charge in [-0.3, -0.25) is 4.79 Å². The van der Waals surface area contributed by atoms with Gasteiger partial charge in [0.1, 0.15) is 5.82 Å². The van der Waals surface area contributed by atoms with Crippen molar-refractivity contribution in [2.24, 2.45) is 0 Å². The normalized spacial score (nSPS) is 11.0. The first-order valence-electron chi connectivity index (χ1n) is 9.01. The van der Waals surface area contributed by atoms with Crippen molar-refractivity contribution >= 4 is 5.97 Å². The van der Waals surface area contributed by atoms with Gasteiger partial charge < -0.3 is 4.74 Å². The van der Waals surface area contributed by atoms with E-state index in [-0.39, 0.29) is 11.9 Å². The van der Waals surface area contributed by atoms with Gasteiger partial charge in [0, 0.05) is 13.3 Å². The van der Waals surface area contributed by atoms with Crippen molar-refractivity contribution in [3.05, 3.63) is 17.2 Å². The van der Waals surface area contributed by atoms with E-state index in [9.17, 15) is 4.79 Å². The highest BCUT2D eigenvalue weighted by Crippen LogP contribution is 2.27. The Labute approximate surface area is 141 Å². The SMILES string of the molecule is CCCCCCCCCc1nc(C)c(OC(C)=O)c(C(C)C)n1. The van der Waals surface area contributed by atoms with E-state index in [0.29, 0.717) is 5.75 Å². The Morgan fingerprint density at radius 3 is 2.22 bits per heavy atom. The monoisotopic (exact) mass is 320 g/mol. The molecule has 4 heteroatoms. The van der Waals surface area contributed by atoms with Crippen LogP contribution >= 0.6 is 0 Å². The minimum Gasteiger partial charge on any atom is -0.423 e. The quantitative estimate of drug-likeness (QED) is 0.443. The molecule has 0 saturated heterocycles. The maximum absolute atomic E-state index is 11.3. The van der Waals surface area contributed by atoms with Crippen molar-refractivity contribution in [2.75, 3.05) is 0 Å². The van der Waals surface area contributed by atoms with Crippen LogP contribution in [0.3, 0.4) is 0 Å². The van der Waals surface area contributed by atoms with Gasteiger partial charge in [0.15, 0.2) is 5.75 Å². The molecule has 0 bridgehead atoms. The predicted molar refractivity (Wildman–Crippen MR) is 93.9 cm³/mol. The summed E-state index contributed by atoms with van der Waals surface area (Å²) in [7, 11) is 0. The van der Waals surface area contributed by atoms with Crippen molar-refractivity contribution in [3.8, 4) is 5.75 Å². The number of carbonyl (C=O) groups is 1. The molecule has 1 rings (SSSR count). The summed E-state index contributed by atoms with van der Waals surface area (Å²) in [6.45, 7) is 9.67. The average Bonchev–Trinajstić information content (AvgIpc) is 2.48. The summed E-state index contributed by atoms with van der Waals surface area (Å²) in [4.78, 5) is 20.4. The van der Waals surface area contributed by atoms with Gasteiger partial charge in [0.05, 0.1) is 11.4 Å². The maximum atomic E-state index is 11.3. The minimum atomic E-state index is -0.321. The summed E-state index contributed by atoms with van der Waals surface area (Å²) in [5, 5.41) is 0. The summed E-state index contributed by atoms with van der Waals surface area (Å²) in [5.41, 5.74) is 1.60. The topological polar surface area (TPSA) is 52.1 Å². The van der Waals surface area contributed by atoms with Gasteiger partial charge in [-0.25, -0.2) is 9.97 Å². The first-order chi connectivity index (χ1) is 11.0. The fourth-order valence-electron chi connectivity index (χ4n) is 2.66. The molecule has 0 fully saturated rings. The number of ether oxygens (including phenoxy) is 1. The fraction of sp³-hybridized carbons (Fsp3) is 0.737. The Kier molecular flexibility index (Phi) is 8.82. The molecule has 0 aliphatic rings. The molecule has 4 nitrogen and oxygen atoms in total. The number of carbonyl (C=O) groups excluding carboxylic acids is 1. The summed E-state index contributed by atoms with van der Waals surface area (Å²) in [6, 6.07) is 0. The van der Waals surface area contributed by atoms with Crippen molar-refractivity contribution in [1.29, 1.82) is 0 Å². The van der Waals surface area contributed by atoms with Crippen molar-refractivity contribution in [1.82, 2.24) is 9.97 Å². The van der Waals surface area contributed by atoms with Crippen LogP contribution in [-0.2, 0) is 11.2 Å². The van der Waals surface area contributed by atoms with Gasteiger partial charge in [-0.1, -0.05) is 59.3 Å². The highest BCUT2D eigenvalue weighted by atomic mass is 16.5. The molecule has 0 amide bonds. The summed E-state index contributed by atoms with van der Waals surface area (Å²) >= 11 is 0. The smallest absolute Gasteiger partial charge is 0.308 e. The minimum absolute atomic E-state index is 0.207. The van der Waals surface area contributed by atoms with Gasteiger partial charge >= 0.3 is 5.97 Å². The number of esters is 1. The van der Waals surface area contributed by atoms with E-state index in [4.69, 9.17) is 4.74 Å². The molecular weight excluding hydrogens is 288 g/mol. The standard InChI is InChI=1S/C19H32N2O2/c1-6-7-8-9-10-11-12-13-17-20-15(4)19(23-16(5)22)18(21-17)14(2)3/h14H,6-13H2,1-5H3. The van der Waals surface area contributed by atoms with Crippen molar-refractivity contribution in [3.63, 3.8) is 0 Å². The number of aryl methyl sites for hydroxylation is 2. The van der Waals surface area contributed by atoms with Crippen molar-refractivity contribution < 1.29 is 9.53 Å². The maximum Gasteiger partial charge on any atom is 0.308 e. The Hall–Kier alpha value is -1.45. The zero-order valence-corrected chi connectivity index (χ0v) is 15.4. The highest BCUT2D eigenvalue weighted by Gasteiger charge is 2.17. The molecule has 0 aliphatic heterocycles. The first kappa shape index (κ1) is 19.6. The van der Waals surface area contributed by atoms with E-state index in [0.717, 1.165) is 30.1 Å². The number of nitrogens with zero attached hydrogens (tertiary/aromatic N) is 2. The molecule has 1 aromatic heterocycles. The van der Waals surface area contributed by atoms with Crippen LogP contribution in [0.25, 0.3) is 0 Å². The van der Waals surface area contributed by atoms with Crippen LogP contribution in [0, 0.1) is 6.92 Å². The molecule has 0 unspecified atom stereocenters. The van der Waals surface area contributed by atoms with Crippen LogP contribution in [0.15, 0.2) is 0 Å². The van der Waals surface area contributed by atoms with E-state index in [2.05, 4.69) is 30.7 Å². The van der Waals surface area contributed by atoms with E-state index in [1.54, 1.807) is 0 Å². The Balaban J connectivity index is 2.61. The highest BCUT2D eigenvalue weighted by molar-refractivity contribution is 5.70. The zero-order chi connectivity index (χ0) is 17.2. The molecule has 0 N–H and O–H groups in total. The van der Waals surface area contributed by atoms with Crippen molar-refractivity contribution in [2.45, 2.75) is 91.9 Å². The number of unbranched alkanes of at least 4 members (excludes halogenated alkanes) is 6. The molecule has 1 aromatic rings. The second-order valence-electron chi connectivity index (χ2n) is 6.56. The lowest BCUT2D eigenvalue weighted by Gasteiger charge is -2.14. The summed E-state index contributed by atoms with van der Waals surface area (Å²) in [6.07, 6.45) is 9.86. The first-order valence-corrected chi connectivity index (χ1v) is 9.01. The zero-order valence-electron chi connectivity index (χ0n) is 15.4. The van der Waals surface area contributed by atoms with E-state index < -0.39 is 0 Å². The summed E-state index contributed by atoms with van der Waals surface area (Å²) < 4.78 is 5.31. The molecule has 0 radical (unpaired) electrons. The van der Waals surface area contributed by atoms with Gasteiger partial charge in [0.2, 0.25) is 0 Å². The number of hydrogen-bond acceptors (Lipinski definition) is 4. The largest absolute Gasteiger partial charge is 0.423 e. The third kappa shape index (κ3) is 7.10. The molecule has 0 aliphatic carbocycles. The van der Waals surface area contributed by atoms with E-state index >= 15 is 0 Å². The van der Waals surface area contributed by atoms with Crippen LogP contribution in [0.4, 0.5) is 0 Å². The van der Waals surface area contributed by atoms with E-state index in [1.165, 1.54) is 45.4 Å². The number of aromatic nitrogens is 2. The molecule has 0 aromatic carbocycles. The average molecular weight is 320 g/mol. The lowest BCUT2D eigenvalue weighted by Crippen LogP contribution is -2.11. The molecule has 0 atom stereocenters. The molecule has 23 heavy (non-hydrogen) atoms.